The van der Waals surface area contributed by atoms with Crippen molar-refractivity contribution in [1.82, 2.24) is 9.97 Å². The predicted molar refractivity (Wildman–Crippen MR) is 60.8 cm³/mol. The van der Waals surface area contributed by atoms with Crippen LogP contribution in [0.5, 0.6) is 0 Å². The molecule has 1 aromatic carbocycles. The van der Waals surface area contributed by atoms with Crippen molar-refractivity contribution < 1.29 is 10.2 Å². The van der Waals surface area contributed by atoms with Crippen molar-refractivity contribution in [2.75, 3.05) is 5.73 Å². The van der Waals surface area contributed by atoms with Gasteiger partial charge in [0.25, 0.3) is 0 Å². The van der Waals surface area contributed by atoms with Crippen LogP contribution in [0.3, 0.4) is 0 Å². The number of hydrogen-bond donors (Lipinski definition) is 3. The number of aliphatic hydroxyl groups is 2. The first-order valence-corrected chi connectivity index (χ1v) is 4.99. The smallest absolute Gasteiger partial charge is 0.224 e. The minimum atomic E-state index is -0.173. The Labute approximate surface area is 96.5 Å². The predicted octanol–water partition coefficient (Wildman–Crippen LogP) is 0.850. The number of halogens is 1. The Morgan fingerprint density at radius 3 is 2.38 bits per heavy atom. The maximum atomic E-state index is 9.14. The van der Waals surface area contributed by atoms with Gasteiger partial charge in [0.05, 0.1) is 18.7 Å². The van der Waals surface area contributed by atoms with E-state index in [1.54, 1.807) is 12.1 Å². The number of anilines is 1. The highest BCUT2D eigenvalue weighted by atomic mass is 35.5. The van der Waals surface area contributed by atoms with E-state index in [9.17, 15) is 0 Å². The first-order valence-electron chi connectivity index (χ1n) is 4.62. The molecule has 6 heteroatoms. The molecule has 0 amide bonds. The third-order valence-corrected chi connectivity index (χ3v) is 2.53. The molecule has 0 saturated heterocycles. The Morgan fingerprint density at radius 2 is 1.75 bits per heavy atom. The molecule has 0 saturated carbocycles. The van der Waals surface area contributed by atoms with E-state index >= 15 is 0 Å². The van der Waals surface area contributed by atoms with Crippen molar-refractivity contribution >= 4 is 28.3 Å². The van der Waals surface area contributed by atoms with Gasteiger partial charge < -0.3 is 15.9 Å². The molecule has 16 heavy (non-hydrogen) atoms. The molecule has 84 valence electrons. The summed E-state index contributed by atoms with van der Waals surface area (Å²) in [5, 5.41) is 18.9. The lowest BCUT2D eigenvalue weighted by Crippen LogP contribution is -1.99. The average molecular weight is 240 g/mol. The van der Waals surface area contributed by atoms with Gasteiger partial charge in [0, 0.05) is 5.39 Å². The first kappa shape index (κ1) is 11.1. The van der Waals surface area contributed by atoms with E-state index in [2.05, 4.69) is 9.97 Å². The summed E-state index contributed by atoms with van der Waals surface area (Å²) in [4.78, 5) is 7.82. The zero-order valence-electron chi connectivity index (χ0n) is 8.31. The quantitative estimate of drug-likeness (QED) is 0.676. The fourth-order valence-corrected chi connectivity index (χ4v) is 1.73. The SMILES string of the molecule is Nc1nc(Cl)nc2cc(CO)c(CO)cc12. The summed E-state index contributed by atoms with van der Waals surface area (Å²) in [5.41, 5.74) is 7.45. The maximum absolute atomic E-state index is 9.14. The van der Waals surface area contributed by atoms with Crippen LogP contribution in [0.1, 0.15) is 11.1 Å². The van der Waals surface area contributed by atoms with E-state index in [1.807, 2.05) is 0 Å². The Bertz CT molecular complexity index is 545. The van der Waals surface area contributed by atoms with E-state index in [0.717, 1.165) is 0 Å². The Kier molecular flexibility index (Phi) is 2.91. The standard InChI is InChI=1S/C10H10ClN3O2/c11-10-13-8-2-6(4-16)5(3-15)1-7(8)9(12)14-10/h1-2,15-16H,3-4H2,(H2,12,13,14). The van der Waals surface area contributed by atoms with E-state index in [0.29, 0.717) is 22.0 Å². The number of nitrogens with zero attached hydrogens (tertiary/aromatic N) is 2. The second-order valence-corrected chi connectivity index (χ2v) is 3.67. The van der Waals surface area contributed by atoms with Gasteiger partial charge in [0.2, 0.25) is 5.28 Å². The number of nitrogens with two attached hydrogens (primary N) is 1. The zero-order valence-corrected chi connectivity index (χ0v) is 9.07. The minimum absolute atomic E-state index is 0.0608. The molecule has 2 aromatic rings. The lowest BCUT2D eigenvalue weighted by Gasteiger charge is -2.08. The fraction of sp³-hybridized carbons (Fsp3) is 0.200. The molecule has 0 bridgehead atoms. The highest BCUT2D eigenvalue weighted by molar-refractivity contribution is 6.28. The van der Waals surface area contributed by atoms with E-state index in [-0.39, 0.29) is 24.3 Å². The number of hydrogen-bond acceptors (Lipinski definition) is 5. The summed E-state index contributed by atoms with van der Waals surface area (Å²) in [7, 11) is 0. The Hall–Kier alpha value is -1.43. The molecule has 4 N–H and O–H groups in total. The fourth-order valence-electron chi connectivity index (χ4n) is 1.55. The molecule has 1 aromatic heterocycles. The monoisotopic (exact) mass is 239 g/mol. The van der Waals surface area contributed by atoms with Crippen molar-refractivity contribution in [1.29, 1.82) is 0 Å². The molecule has 0 fully saturated rings. The maximum Gasteiger partial charge on any atom is 0.224 e. The summed E-state index contributed by atoms with van der Waals surface area (Å²) < 4.78 is 0. The van der Waals surface area contributed by atoms with Crippen LogP contribution in [0.15, 0.2) is 12.1 Å². The van der Waals surface area contributed by atoms with Gasteiger partial charge in [0.1, 0.15) is 5.82 Å². The molecule has 0 unspecified atom stereocenters. The van der Waals surface area contributed by atoms with Gasteiger partial charge in [-0.25, -0.2) is 9.97 Å². The van der Waals surface area contributed by atoms with Gasteiger partial charge in [-0.05, 0) is 34.9 Å². The van der Waals surface area contributed by atoms with Crippen molar-refractivity contribution in [3.63, 3.8) is 0 Å². The third kappa shape index (κ3) is 1.80. The molecule has 1 heterocycles. The van der Waals surface area contributed by atoms with Crippen LogP contribution >= 0.6 is 11.6 Å². The van der Waals surface area contributed by atoms with E-state index < -0.39 is 0 Å². The van der Waals surface area contributed by atoms with Crippen LogP contribution < -0.4 is 5.73 Å². The van der Waals surface area contributed by atoms with Crippen LogP contribution in [0, 0.1) is 0 Å². The third-order valence-electron chi connectivity index (χ3n) is 2.36. The largest absolute Gasteiger partial charge is 0.392 e. The number of nitrogen functional groups attached to an aromatic ring is 1. The Morgan fingerprint density at radius 1 is 1.12 bits per heavy atom. The van der Waals surface area contributed by atoms with Crippen molar-refractivity contribution in [2.24, 2.45) is 0 Å². The molecule has 0 aliphatic rings. The van der Waals surface area contributed by atoms with Gasteiger partial charge in [0.15, 0.2) is 0 Å². The Balaban J connectivity index is 2.78. The molecule has 0 aliphatic heterocycles. The molecular formula is C10H10ClN3O2. The molecule has 0 spiro atoms. The lowest BCUT2D eigenvalue weighted by molar-refractivity contribution is 0.260. The second-order valence-electron chi connectivity index (χ2n) is 3.33. The number of aliphatic hydroxyl groups excluding tert-OH is 2. The van der Waals surface area contributed by atoms with Crippen molar-refractivity contribution in [2.45, 2.75) is 13.2 Å². The van der Waals surface area contributed by atoms with Gasteiger partial charge in [-0.2, -0.15) is 0 Å². The van der Waals surface area contributed by atoms with Crippen LogP contribution in [0.25, 0.3) is 10.9 Å². The summed E-state index contributed by atoms with van der Waals surface area (Å²) in [6, 6.07) is 3.30. The van der Waals surface area contributed by atoms with Crippen LogP contribution in [0.2, 0.25) is 5.28 Å². The molecule has 0 radical (unpaired) electrons. The molecule has 0 aliphatic carbocycles. The van der Waals surface area contributed by atoms with Crippen LogP contribution in [-0.2, 0) is 13.2 Å². The average Bonchev–Trinajstić information content (AvgIpc) is 2.27. The van der Waals surface area contributed by atoms with Crippen molar-refractivity contribution in [3.05, 3.63) is 28.5 Å². The van der Waals surface area contributed by atoms with Gasteiger partial charge >= 0.3 is 0 Å². The lowest BCUT2D eigenvalue weighted by atomic mass is 10.1. The van der Waals surface area contributed by atoms with E-state index in [4.69, 9.17) is 27.5 Å². The highest BCUT2D eigenvalue weighted by Gasteiger charge is 2.08. The highest BCUT2D eigenvalue weighted by Crippen LogP contribution is 2.24. The number of aromatic nitrogens is 2. The summed E-state index contributed by atoms with van der Waals surface area (Å²) in [5.74, 6) is 0.259. The van der Waals surface area contributed by atoms with Gasteiger partial charge in [-0.15, -0.1) is 0 Å². The molecule has 5 nitrogen and oxygen atoms in total. The summed E-state index contributed by atoms with van der Waals surface area (Å²) in [6.07, 6.45) is 0. The number of fused-ring (bicyclic) bond motifs is 1. The normalized spacial score (nSPS) is 10.9. The van der Waals surface area contributed by atoms with Crippen LogP contribution in [0.4, 0.5) is 5.82 Å². The zero-order chi connectivity index (χ0) is 11.7. The van der Waals surface area contributed by atoms with Gasteiger partial charge in [-0.3, -0.25) is 0 Å². The topological polar surface area (TPSA) is 92.3 Å². The second kappa shape index (κ2) is 4.21. The molecule has 0 atom stereocenters. The van der Waals surface area contributed by atoms with E-state index in [1.165, 1.54) is 0 Å². The number of benzene rings is 1. The minimum Gasteiger partial charge on any atom is -0.392 e. The molecule has 2 rings (SSSR count). The summed E-state index contributed by atoms with van der Waals surface area (Å²) >= 11 is 5.68. The van der Waals surface area contributed by atoms with Crippen molar-refractivity contribution in [3.8, 4) is 0 Å². The number of rotatable bonds is 2. The van der Waals surface area contributed by atoms with Gasteiger partial charge in [-0.1, -0.05) is 0 Å². The van der Waals surface area contributed by atoms with Crippen LogP contribution in [-0.4, -0.2) is 20.2 Å². The molecular weight excluding hydrogens is 230 g/mol. The summed E-state index contributed by atoms with van der Waals surface area (Å²) in [6.45, 7) is -0.346. The first-order chi connectivity index (χ1) is 7.65.